The van der Waals surface area contributed by atoms with Crippen molar-refractivity contribution in [3.05, 3.63) is 29.6 Å². The zero-order chi connectivity index (χ0) is 17.8. The normalized spacial score (nSPS) is 13.7. The monoisotopic (exact) mass is 404 g/mol. The molecule has 0 N–H and O–H groups in total. The first-order valence-electron chi connectivity index (χ1n) is 7.66. The van der Waals surface area contributed by atoms with Crippen molar-refractivity contribution in [3.63, 3.8) is 0 Å². The molecule has 6 heteroatoms. The predicted octanol–water partition coefficient (Wildman–Crippen LogP) is 5.25. The predicted molar refractivity (Wildman–Crippen MR) is 97.4 cm³/mol. The molecular weight excluding hydrogens is 379 g/mol. The van der Waals surface area contributed by atoms with Gasteiger partial charge >= 0.3 is 0 Å². The standard InChI is InChI=1S/C17H26BrFO3Si/c1-12(20)16(18)14-8-7-13(19)11-15(14)21-9-10-22-23(5,6)17(2,3)4/h7-8,11,16H,9-10H2,1-6H3. The van der Waals surface area contributed by atoms with Crippen LogP contribution in [0.2, 0.25) is 18.1 Å². The fourth-order valence-corrected chi connectivity index (χ4v) is 3.13. The summed E-state index contributed by atoms with van der Waals surface area (Å²) in [5, 5.41) is 0.132. The molecule has 3 nitrogen and oxygen atoms in total. The highest BCUT2D eigenvalue weighted by Crippen LogP contribution is 2.36. The van der Waals surface area contributed by atoms with Crippen LogP contribution in [0.4, 0.5) is 4.39 Å². The van der Waals surface area contributed by atoms with E-state index in [9.17, 15) is 9.18 Å². The van der Waals surface area contributed by atoms with Crippen molar-refractivity contribution < 1.29 is 18.3 Å². The summed E-state index contributed by atoms with van der Waals surface area (Å²) in [7, 11) is -1.82. The molecule has 23 heavy (non-hydrogen) atoms. The number of halogens is 2. The molecule has 1 rings (SSSR count). The van der Waals surface area contributed by atoms with E-state index in [1.54, 1.807) is 6.07 Å². The van der Waals surface area contributed by atoms with Crippen molar-refractivity contribution in [2.75, 3.05) is 13.2 Å². The van der Waals surface area contributed by atoms with E-state index in [-0.39, 0.29) is 10.8 Å². The van der Waals surface area contributed by atoms with Gasteiger partial charge in [0.25, 0.3) is 0 Å². The summed E-state index contributed by atoms with van der Waals surface area (Å²) in [5.41, 5.74) is 0.631. The Morgan fingerprint density at radius 1 is 1.30 bits per heavy atom. The second-order valence-corrected chi connectivity index (χ2v) is 12.8. The lowest BCUT2D eigenvalue weighted by Gasteiger charge is -2.36. The Morgan fingerprint density at radius 3 is 2.43 bits per heavy atom. The SMILES string of the molecule is CC(=O)C(Br)c1ccc(F)cc1OCCO[Si](C)(C)C(C)(C)C. The molecule has 0 saturated carbocycles. The minimum atomic E-state index is -1.82. The van der Waals surface area contributed by atoms with Crippen LogP contribution >= 0.6 is 15.9 Å². The van der Waals surface area contributed by atoms with Crippen LogP contribution in [0, 0.1) is 5.82 Å². The molecule has 0 bridgehead atoms. The Kier molecular flexibility index (Phi) is 6.98. The molecule has 0 spiro atoms. The van der Waals surface area contributed by atoms with Crippen molar-refractivity contribution in [1.29, 1.82) is 0 Å². The Bertz CT molecular complexity index is 555. The lowest BCUT2D eigenvalue weighted by atomic mass is 10.1. The zero-order valence-electron chi connectivity index (χ0n) is 14.7. The van der Waals surface area contributed by atoms with Gasteiger partial charge in [-0.15, -0.1) is 0 Å². The molecule has 130 valence electrons. The number of carbonyl (C=O) groups is 1. The van der Waals surface area contributed by atoms with Gasteiger partial charge in [0.15, 0.2) is 8.32 Å². The largest absolute Gasteiger partial charge is 0.491 e. The van der Waals surface area contributed by atoms with E-state index in [2.05, 4.69) is 49.8 Å². The first-order valence-corrected chi connectivity index (χ1v) is 11.5. The van der Waals surface area contributed by atoms with E-state index in [1.807, 2.05) is 0 Å². The molecule has 0 radical (unpaired) electrons. The average molecular weight is 405 g/mol. The van der Waals surface area contributed by atoms with Crippen LogP contribution < -0.4 is 4.74 Å². The number of rotatable bonds is 7. The first kappa shape index (κ1) is 20.3. The van der Waals surface area contributed by atoms with Gasteiger partial charge in [-0.05, 0) is 31.1 Å². The van der Waals surface area contributed by atoms with Gasteiger partial charge in [-0.3, -0.25) is 4.79 Å². The Morgan fingerprint density at radius 2 is 1.91 bits per heavy atom. The van der Waals surface area contributed by atoms with Crippen LogP contribution in [0.25, 0.3) is 0 Å². The minimum absolute atomic E-state index is 0.0565. The molecule has 0 saturated heterocycles. The summed E-state index contributed by atoms with van der Waals surface area (Å²) in [5.74, 6) is -0.0720. The van der Waals surface area contributed by atoms with Gasteiger partial charge in [0.1, 0.15) is 28.8 Å². The summed E-state index contributed by atoms with van der Waals surface area (Å²) in [6.45, 7) is 13.1. The van der Waals surface area contributed by atoms with Gasteiger partial charge in [0.2, 0.25) is 0 Å². The van der Waals surface area contributed by atoms with Crippen LogP contribution in [-0.2, 0) is 9.22 Å². The molecular formula is C17H26BrFO3Si. The van der Waals surface area contributed by atoms with Crippen molar-refractivity contribution in [3.8, 4) is 5.75 Å². The average Bonchev–Trinajstić information content (AvgIpc) is 2.41. The van der Waals surface area contributed by atoms with Gasteiger partial charge in [0, 0.05) is 11.6 Å². The van der Waals surface area contributed by atoms with Gasteiger partial charge in [-0.2, -0.15) is 0 Å². The highest BCUT2D eigenvalue weighted by molar-refractivity contribution is 9.09. The van der Waals surface area contributed by atoms with Crippen LogP contribution in [-0.4, -0.2) is 27.3 Å². The van der Waals surface area contributed by atoms with Crippen LogP contribution in [0.1, 0.15) is 38.1 Å². The van der Waals surface area contributed by atoms with E-state index in [0.29, 0.717) is 24.5 Å². The van der Waals surface area contributed by atoms with Crippen LogP contribution in [0.3, 0.4) is 0 Å². The maximum absolute atomic E-state index is 13.5. The summed E-state index contributed by atoms with van der Waals surface area (Å²) in [6, 6.07) is 4.20. The van der Waals surface area contributed by atoms with E-state index in [1.165, 1.54) is 19.1 Å². The number of ether oxygens (including phenoxy) is 1. The highest BCUT2D eigenvalue weighted by Gasteiger charge is 2.36. The van der Waals surface area contributed by atoms with Crippen molar-refractivity contribution in [2.45, 2.75) is 50.7 Å². The number of alkyl halides is 1. The third-order valence-electron chi connectivity index (χ3n) is 4.22. The molecule has 1 aromatic rings. The van der Waals surface area contributed by atoms with E-state index in [0.717, 1.165) is 0 Å². The Hall–Kier alpha value is -0.723. The molecule has 0 aliphatic rings. The molecule has 0 heterocycles. The van der Waals surface area contributed by atoms with E-state index in [4.69, 9.17) is 9.16 Å². The molecule has 0 aromatic heterocycles. The third kappa shape index (κ3) is 5.69. The maximum Gasteiger partial charge on any atom is 0.192 e. The zero-order valence-corrected chi connectivity index (χ0v) is 17.3. The van der Waals surface area contributed by atoms with E-state index < -0.39 is 19.0 Å². The number of benzene rings is 1. The number of ketones is 1. The molecule has 0 aliphatic carbocycles. The summed E-state index contributed by atoms with van der Waals surface area (Å²) >= 11 is 3.32. The Balaban J connectivity index is 2.71. The van der Waals surface area contributed by atoms with Gasteiger partial charge in [-0.25, -0.2) is 4.39 Å². The second-order valence-electron chi connectivity index (χ2n) is 7.11. The molecule has 1 unspecified atom stereocenters. The number of hydrogen-bond acceptors (Lipinski definition) is 3. The smallest absolute Gasteiger partial charge is 0.192 e. The molecule has 0 aliphatic heterocycles. The quantitative estimate of drug-likeness (QED) is 0.353. The fraction of sp³-hybridized carbons (Fsp3) is 0.588. The number of carbonyl (C=O) groups excluding carboxylic acids is 1. The highest BCUT2D eigenvalue weighted by atomic mass is 79.9. The van der Waals surface area contributed by atoms with Crippen molar-refractivity contribution in [1.82, 2.24) is 0 Å². The number of Topliss-reactive ketones (excluding diaryl/α,β-unsaturated/α-hetero) is 1. The van der Waals surface area contributed by atoms with Crippen LogP contribution in [0.5, 0.6) is 5.75 Å². The Labute approximate surface area is 147 Å². The van der Waals surface area contributed by atoms with Crippen molar-refractivity contribution >= 4 is 30.0 Å². The van der Waals surface area contributed by atoms with Crippen LogP contribution in [0.15, 0.2) is 18.2 Å². The molecule has 1 atom stereocenters. The van der Waals surface area contributed by atoms with Gasteiger partial charge in [-0.1, -0.05) is 42.8 Å². The molecule has 0 fully saturated rings. The lowest BCUT2D eigenvalue weighted by Crippen LogP contribution is -2.41. The summed E-state index contributed by atoms with van der Waals surface area (Å²) in [4.78, 5) is 11.0. The minimum Gasteiger partial charge on any atom is -0.491 e. The second kappa shape index (κ2) is 7.90. The number of hydrogen-bond donors (Lipinski definition) is 0. The maximum atomic E-state index is 13.5. The lowest BCUT2D eigenvalue weighted by molar-refractivity contribution is -0.116. The van der Waals surface area contributed by atoms with Gasteiger partial charge < -0.3 is 9.16 Å². The summed E-state index contributed by atoms with van der Waals surface area (Å²) < 4.78 is 25.2. The van der Waals surface area contributed by atoms with E-state index >= 15 is 0 Å². The third-order valence-corrected chi connectivity index (χ3v) is 9.89. The van der Waals surface area contributed by atoms with Crippen molar-refractivity contribution in [2.24, 2.45) is 0 Å². The first-order chi connectivity index (χ1) is 10.5. The molecule has 0 amide bonds. The summed E-state index contributed by atoms with van der Waals surface area (Å²) in [6.07, 6.45) is 0. The molecule has 1 aromatic carbocycles. The topological polar surface area (TPSA) is 35.5 Å². The van der Waals surface area contributed by atoms with Gasteiger partial charge in [0.05, 0.1) is 6.61 Å². The fourth-order valence-electron chi connectivity index (χ4n) is 1.73.